The molecular formula is C5H10N4. The lowest BCUT2D eigenvalue weighted by atomic mass is 10.7. The Morgan fingerprint density at radius 1 is 1.78 bits per heavy atom. The van der Waals surface area contributed by atoms with E-state index in [1.807, 2.05) is 6.92 Å². The Labute approximate surface area is 54.0 Å². The highest BCUT2D eigenvalue weighted by molar-refractivity contribution is 5.86. The van der Waals surface area contributed by atoms with Crippen molar-refractivity contribution in [2.24, 2.45) is 10.7 Å². The van der Waals surface area contributed by atoms with Crippen LogP contribution < -0.4 is 11.1 Å². The molecule has 0 amide bonds. The summed E-state index contributed by atoms with van der Waals surface area (Å²) in [5, 5.41) is 9.08. The van der Waals surface area contributed by atoms with Crippen molar-refractivity contribution < 1.29 is 0 Å². The number of rotatable bonds is 2. The second-order valence-corrected chi connectivity index (χ2v) is 1.32. The molecule has 0 radical (unpaired) electrons. The lowest BCUT2D eigenvalue weighted by Gasteiger charge is -1.89. The number of nitrogens with one attached hydrogen (secondary N) is 2. The average Bonchev–Trinajstić information content (AvgIpc) is 1.80. The Kier molecular flexibility index (Phi) is 4.12. The van der Waals surface area contributed by atoms with Gasteiger partial charge in [0.05, 0.1) is 6.34 Å². The highest BCUT2D eigenvalue weighted by Gasteiger charge is 1.73. The molecule has 0 atom stereocenters. The fourth-order valence-corrected chi connectivity index (χ4v) is 0.236. The Hall–Kier alpha value is -1.32. The summed E-state index contributed by atoms with van der Waals surface area (Å²) in [7, 11) is 0. The van der Waals surface area contributed by atoms with Crippen LogP contribution in [0.4, 0.5) is 0 Å². The lowest BCUT2D eigenvalue weighted by molar-refractivity contribution is 1.26. The van der Waals surface area contributed by atoms with Crippen LogP contribution in [0, 0.1) is 5.41 Å². The van der Waals surface area contributed by atoms with Gasteiger partial charge >= 0.3 is 0 Å². The molecule has 0 aromatic carbocycles. The fourth-order valence-electron chi connectivity index (χ4n) is 0.236. The van der Waals surface area contributed by atoms with Crippen LogP contribution in [0.3, 0.4) is 0 Å². The first kappa shape index (κ1) is 7.68. The van der Waals surface area contributed by atoms with Crippen LogP contribution in [0.1, 0.15) is 6.92 Å². The minimum atomic E-state index is -0.108. The maximum Gasteiger partial charge on any atom is 0.190 e. The van der Waals surface area contributed by atoms with E-state index in [-0.39, 0.29) is 5.96 Å². The summed E-state index contributed by atoms with van der Waals surface area (Å²) in [6.45, 7) is 1.85. The molecule has 0 rings (SSSR count). The summed E-state index contributed by atoms with van der Waals surface area (Å²) in [6.07, 6.45) is 4.72. The van der Waals surface area contributed by atoms with Gasteiger partial charge in [0.1, 0.15) is 0 Å². The van der Waals surface area contributed by atoms with Gasteiger partial charge in [0, 0.05) is 6.20 Å². The van der Waals surface area contributed by atoms with Crippen molar-refractivity contribution in [1.29, 1.82) is 5.41 Å². The molecule has 0 spiro atoms. The second kappa shape index (κ2) is 4.83. The number of nitrogens with two attached hydrogens (primary N) is 1. The van der Waals surface area contributed by atoms with E-state index in [9.17, 15) is 0 Å². The summed E-state index contributed by atoms with van der Waals surface area (Å²) in [5.74, 6) is -0.108. The minimum absolute atomic E-state index is 0.108. The molecule has 0 bridgehead atoms. The molecule has 50 valence electrons. The standard InChI is InChI=1S/C5H10N4/c1-2-3-8-4-9-5(6)7/h2-4H,1H3,(H4,6,7,8,9)/b3-2-. The topological polar surface area (TPSA) is 74.3 Å². The van der Waals surface area contributed by atoms with E-state index in [1.54, 1.807) is 12.3 Å². The summed E-state index contributed by atoms with van der Waals surface area (Å²) < 4.78 is 0. The van der Waals surface area contributed by atoms with Crippen molar-refractivity contribution >= 4 is 12.3 Å². The predicted octanol–water partition coefficient (Wildman–Crippen LogP) is 0.0314. The maximum absolute atomic E-state index is 6.68. The zero-order valence-corrected chi connectivity index (χ0v) is 5.26. The summed E-state index contributed by atoms with van der Waals surface area (Å²) in [5.41, 5.74) is 4.93. The monoisotopic (exact) mass is 126 g/mol. The van der Waals surface area contributed by atoms with Crippen molar-refractivity contribution in [3.05, 3.63) is 12.3 Å². The van der Waals surface area contributed by atoms with Crippen molar-refractivity contribution in [1.82, 2.24) is 5.32 Å². The molecule has 0 saturated carbocycles. The molecule has 9 heavy (non-hydrogen) atoms. The van der Waals surface area contributed by atoms with E-state index in [0.29, 0.717) is 0 Å². The van der Waals surface area contributed by atoms with Gasteiger partial charge in [-0.2, -0.15) is 0 Å². The van der Waals surface area contributed by atoms with E-state index >= 15 is 0 Å². The van der Waals surface area contributed by atoms with E-state index in [0.717, 1.165) is 0 Å². The Bertz CT molecular complexity index is 136. The molecule has 0 aromatic rings. The molecule has 4 nitrogen and oxygen atoms in total. The normalized spacial score (nSPS) is 10.8. The zero-order valence-electron chi connectivity index (χ0n) is 5.26. The van der Waals surface area contributed by atoms with Crippen LogP contribution >= 0.6 is 0 Å². The largest absolute Gasteiger partial charge is 0.370 e. The van der Waals surface area contributed by atoms with Crippen molar-refractivity contribution in [2.75, 3.05) is 0 Å². The highest BCUT2D eigenvalue weighted by Crippen LogP contribution is 1.66. The molecule has 0 aliphatic rings. The third-order valence-electron chi connectivity index (χ3n) is 0.530. The van der Waals surface area contributed by atoms with Gasteiger partial charge in [0.15, 0.2) is 5.96 Å². The smallest absolute Gasteiger partial charge is 0.190 e. The number of nitrogens with zero attached hydrogens (tertiary/aromatic N) is 1. The van der Waals surface area contributed by atoms with E-state index in [4.69, 9.17) is 11.1 Å². The maximum atomic E-state index is 6.68. The molecular weight excluding hydrogens is 116 g/mol. The van der Waals surface area contributed by atoms with Crippen LogP contribution in [0.25, 0.3) is 0 Å². The molecule has 0 aromatic heterocycles. The Balaban J connectivity index is 3.36. The minimum Gasteiger partial charge on any atom is -0.370 e. The quantitative estimate of drug-likeness (QED) is 0.360. The number of aliphatic imine (C=N–C) groups is 1. The lowest BCUT2D eigenvalue weighted by Crippen LogP contribution is -2.28. The third-order valence-corrected chi connectivity index (χ3v) is 0.530. The van der Waals surface area contributed by atoms with Gasteiger partial charge in [-0.05, 0) is 6.92 Å². The SMILES string of the molecule is C/C=C\N=CNC(=N)N. The van der Waals surface area contributed by atoms with Gasteiger partial charge in [0.25, 0.3) is 0 Å². The van der Waals surface area contributed by atoms with Crippen LogP contribution in [-0.4, -0.2) is 12.3 Å². The third kappa shape index (κ3) is 6.68. The molecule has 0 unspecified atom stereocenters. The predicted molar refractivity (Wildman–Crippen MR) is 38.4 cm³/mol. The molecule has 0 fully saturated rings. The van der Waals surface area contributed by atoms with Crippen LogP contribution in [0.2, 0.25) is 0 Å². The van der Waals surface area contributed by atoms with Crippen molar-refractivity contribution in [2.45, 2.75) is 6.92 Å². The number of hydrogen-bond acceptors (Lipinski definition) is 2. The average molecular weight is 126 g/mol. The van der Waals surface area contributed by atoms with E-state index in [2.05, 4.69) is 10.3 Å². The molecule has 0 aliphatic heterocycles. The first-order chi connectivity index (χ1) is 4.27. The van der Waals surface area contributed by atoms with Crippen molar-refractivity contribution in [3.8, 4) is 0 Å². The summed E-state index contributed by atoms with van der Waals surface area (Å²) in [6, 6.07) is 0. The number of allylic oxidation sites excluding steroid dienone is 1. The zero-order chi connectivity index (χ0) is 7.11. The van der Waals surface area contributed by atoms with Gasteiger partial charge in [-0.25, -0.2) is 4.99 Å². The van der Waals surface area contributed by atoms with E-state index < -0.39 is 0 Å². The molecule has 0 aliphatic carbocycles. The second-order valence-electron chi connectivity index (χ2n) is 1.32. The van der Waals surface area contributed by atoms with Gasteiger partial charge in [-0.3, -0.25) is 5.41 Å². The Morgan fingerprint density at radius 2 is 2.44 bits per heavy atom. The Morgan fingerprint density at radius 3 is 2.89 bits per heavy atom. The van der Waals surface area contributed by atoms with Gasteiger partial charge in [-0.1, -0.05) is 6.08 Å². The van der Waals surface area contributed by atoms with Gasteiger partial charge < -0.3 is 11.1 Å². The first-order valence-corrected chi connectivity index (χ1v) is 2.50. The molecule has 4 N–H and O–H groups in total. The summed E-state index contributed by atoms with van der Waals surface area (Å²) in [4.78, 5) is 3.69. The molecule has 4 heteroatoms. The molecule has 0 heterocycles. The first-order valence-electron chi connectivity index (χ1n) is 2.50. The van der Waals surface area contributed by atoms with Crippen LogP contribution in [-0.2, 0) is 0 Å². The molecule has 0 saturated heterocycles. The number of hydrogen-bond donors (Lipinski definition) is 3. The number of guanidine groups is 1. The van der Waals surface area contributed by atoms with Crippen molar-refractivity contribution in [3.63, 3.8) is 0 Å². The van der Waals surface area contributed by atoms with Crippen LogP contribution in [0.5, 0.6) is 0 Å². The van der Waals surface area contributed by atoms with Gasteiger partial charge in [-0.15, -0.1) is 0 Å². The van der Waals surface area contributed by atoms with E-state index in [1.165, 1.54) is 6.34 Å². The van der Waals surface area contributed by atoms with Gasteiger partial charge in [0.2, 0.25) is 0 Å². The summed E-state index contributed by atoms with van der Waals surface area (Å²) >= 11 is 0. The van der Waals surface area contributed by atoms with Crippen LogP contribution in [0.15, 0.2) is 17.3 Å². The highest BCUT2D eigenvalue weighted by atomic mass is 15.1. The fraction of sp³-hybridized carbons (Fsp3) is 0.200.